The van der Waals surface area contributed by atoms with E-state index < -0.39 is 38.7 Å². The van der Waals surface area contributed by atoms with E-state index in [9.17, 15) is 18.0 Å². The van der Waals surface area contributed by atoms with Crippen molar-refractivity contribution in [3.8, 4) is 0 Å². The first-order valence-corrected chi connectivity index (χ1v) is 6.34. The van der Waals surface area contributed by atoms with Crippen LogP contribution in [-0.4, -0.2) is 45.6 Å². The predicted molar refractivity (Wildman–Crippen MR) is 56.4 cm³/mol. The summed E-state index contributed by atoms with van der Waals surface area (Å²) in [6.07, 6.45) is 0. The van der Waals surface area contributed by atoms with E-state index in [4.69, 9.17) is 0 Å². The number of rotatable bonds is 5. The number of hydrogen-bond acceptors (Lipinski definition) is 6. The van der Waals surface area contributed by atoms with Gasteiger partial charge in [-0.05, 0) is 6.92 Å². The van der Waals surface area contributed by atoms with E-state index in [1.807, 2.05) is 0 Å². The lowest BCUT2D eigenvalue weighted by molar-refractivity contribution is -0.145. The second-order valence-electron chi connectivity index (χ2n) is 3.40. The summed E-state index contributed by atoms with van der Waals surface area (Å²) in [5.74, 6) is -3.02. The zero-order chi connectivity index (χ0) is 12.9. The number of sulfone groups is 1. The van der Waals surface area contributed by atoms with Crippen molar-refractivity contribution in [2.24, 2.45) is 5.92 Å². The Labute approximate surface area is 94.8 Å². The molecular weight excluding hydrogens is 236 g/mol. The van der Waals surface area contributed by atoms with Crippen molar-refractivity contribution in [3.05, 3.63) is 0 Å². The first-order valence-electron chi connectivity index (χ1n) is 4.62. The molecule has 7 heteroatoms. The third-order valence-corrected chi connectivity index (χ3v) is 4.57. The van der Waals surface area contributed by atoms with Crippen LogP contribution in [0.2, 0.25) is 0 Å². The number of carbonyl (C=O) groups excluding carboxylic acids is 2. The maximum atomic E-state index is 11.7. The minimum atomic E-state index is -3.70. The Morgan fingerprint density at radius 2 is 1.62 bits per heavy atom. The van der Waals surface area contributed by atoms with Gasteiger partial charge in [0.25, 0.3) is 0 Å². The second-order valence-corrected chi connectivity index (χ2v) is 5.76. The zero-order valence-electron chi connectivity index (χ0n) is 9.72. The van der Waals surface area contributed by atoms with Gasteiger partial charge >= 0.3 is 11.9 Å². The molecule has 0 amide bonds. The Kier molecular flexibility index (Phi) is 5.43. The van der Waals surface area contributed by atoms with Crippen molar-refractivity contribution >= 4 is 21.8 Å². The Balaban J connectivity index is 4.76. The largest absolute Gasteiger partial charge is 0.469 e. The van der Waals surface area contributed by atoms with Crippen molar-refractivity contribution < 1.29 is 27.5 Å². The van der Waals surface area contributed by atoms with Crippen LogP contribution < -0.4 is 0 Å². The van der Waals surface area contributed by atoms with E-state index in [2.05, 4.69) is 9.47 Å². The highest BCUT2D eigenvalue weighted by Crippen LogP contribution is 2.14. The fourth-order valence-corrected chi connectivity index (χ4v) is 2.49. The van der Waals surface area contributed by atoms with Crippen LogP contribution in [0.25, 0.3) is 0 Å². The van der Waals surface area contributed by atoms with Crippen molar-refractivity contribution in [1.82, 2.24) is 0 Å². The molecule has 0 aliphatic carbocycles. The third kappa shape index (κ3) is 3.80. The van der Waals surface area contributed by atoms with Gasteiger partial charge in [0.2, 0.25) is 0 Å². The minimum Gasteiger partial charge on any atom is -0.469 e. The van der Waals surface area contributed by atoms with E-state index in [0.717, 1.165) is 7.11 Å². The number of carbonyl (C=O) groups is 2. The highest BCUT2D eigenvalue weighted by Gasteiger charge is 2.33. The molecule has 0 radical (unpaired) electrons. The van der Waals surface area contributed by atoms with Crippen molar-refractivity contribution in [2.45, 2.75) is 19.1 Å². The Bertz CT molecular complexity index is 358. The summed E-state index contributed by atoms with van der Waals surface area (Å²) in [7, 11) is -1.42. The van der Waals surface area contributed by atoms with E-state index >= 15 is 0 Å². The van der Waals surface area contributed by atoms with Crippen molar-refractivity contribution in [3.63, 3.8) is 0 Å². The number of esters is 2. The maximum absolute atomic E-state index is 11.7. The Morgan fingerprint density at radius 1 is 1.12 bits per heavy atom. The third-order valence-electron chi connectivity index (χ3n) is 2.39. The first kappa shape index (κ1) is 14.9. The van der Waals surface area contributed by atoms with Gasteiger partial charge in [0.1, 0.15) is 5.75 Å². The van der Waals surface area contributed by atoms with E-state index in [0.29, 0.717) is 0 Å². The van der Waals surface area contributed by atoms with Crippen molar-refractivity contribution in [1.29, 1.82) is 0 Å². The van der Waals surface area contributed by atoms with Crippen LogP contribution in [-0.2, 0) is 28.9 Å². The predicted octanol–water partition coefficient (Wildman–Crippen LogP) is -0.228. The second kappa shape index (κ2) is 5.83. The lowest BCUT2D eigenvalue weighted by Crippen LogP contribution is -2.35. The number of methoxy groups -OCH3 is 2. The molecule has 6 nitrogen and oxygen atoms in total. The average molecular weight is 252 g/mol. The van der Waals surface area contributed by atoms with Crippen LogP contribution in [0.4, 0.5) is 0 Å². The van der Waals surface area contributed by atoms with Gasteiger partial charge in [0.15, 0.2) is 9.84 Å². The van der Waals surface area contributed by atoms with Crippen LogP contribution in [0.1, 0.15) is 13.8 Å². The standard InChI is InChI=1S/C9H16O6S/c1-6(9(11)15-4)7(2)16(12,13)5-8(10)14-3/h6-7H,5H2,1-4H3. The Morgan fingerprint density at radius 3 is 2.00 bits per heavy atom. The molecular formula is C9H16O6S. The van der Waals surface area contributed by atoms with Crippen LogP contribution in [0.15, 0.2) is 0 Å². The molecule has 2 atom stereocenters. The molecule has 0 aromatic rings. The number of ether oxygens (including phenoxy) is 2. The molecule has 0 N–H and O–H groups in total. The maximum Gasteiger partial charge on any atom is 0.320 e. The van der Waals surface area contributed by atoms with Crippen LogP contribution in [0.5, 0.6) is 0 Å². The van der Waals surface area contributed by atoms with E-state index in [1.54, 1.807) is 0 Å². The molecule has 0 aliphatic heterocycles. The van der Waals surface area contributed by atoms with Gasteiger partial charge < -0.3 is 9.47 Å². The molecule has 0 aromatic carbocycles. The van der Waals surface area contributed by atoms with Gasteiger partial charge in [-0.15, -0.1) is 0 Å². The monoisotopic (exact) mass is 252 g/mol. The summed E-state index contributed by atoms with van der Waals surface area (Å²) >= 11 is 0. The molecule has 16 heavy (non-hydrogen) atoms. The van der Waals surface area contributed by atoms with Gasteiger partial charge in [-0.1, -0.05) is 6.92 Å². The van der Waals surface area contributed by atoms with Crippen LogP contribution in [0.3, 0.4) is 0 Å². The van der Waals surface area contributed by atoms with Gasteiger partial charge in [-0.2, -0.15) is 0 Å². The quantitative estimate of drug-likeness (QED) is 0.628. The van der Waals surface area contributed by atoms with Gasteiger partial charge in [0, 0.05) is 0 Å². The molecule has 0 fully saturated rings. The number of hydrogen-bond donors (Lipinski definition) is 0. The topological polar surface area (TPSA) is 86.7 Å². The molecule has 94 valence electrons. The van der Waals surface area contributed by atoms with E-state index in [1.165, 1.54) is 21.0 Å². The van der Waals surface area contributed by atoms with Crippen LogP contribution in [0, 0.1) is 5.92 Å². The molecule has 0 aromatic heterocycles. The SMILES string of the molecule is COC(=O)CS(=O)(=O)C(C)C(C)C(=O)OC. The highest BCUT2D eigenvalue weighted by molar-refractivity contribution is 7.92. The molecule has 0 saturated heterocycles. The minimum absolute atomic E-state index is 0.624. The van der Waals surface area contributed by atoms with Crippen molar-refractivity contribution in [2.75, 3.05) is 20.0 Å². The van der Waals surface area contributed by atoms with Gasteiger partial charge in [-0.25, -0.2) is 8.42 Å². The Hall–Kier alpha value is -1.11. The molecule has 0 aliphatic rings. The van der Waals surface area contributed by atoms with Gasteiger partial charge in [-0.3, -0.25) is 9.59 Å². The fraction of sp³-hybridized carbons (Fsp3) is 0.778. The van der Waals surface area contributed by atoms with E-state index in [-0.39, 0.29) is 0 Å². The average Bonchev–Trinajstić information content (AvgIpc) is 2.24. The molecule has 0 spiro atoms. The molecule has 2 unspecified atom stereocenters. The summed E-state index contributed by atoms with van der Waals surface area (Å²) < 4.78 is 32.0. The normalized spacial score (nSPS) is 15.0. The molecule has 0 heterocycles. The lowest BCUT2D eigenvalue weighted by Gasteiger charge is -2.17. The molecule has 0 saturated carbocycles. The highest BCUT2D eigenvalue weighted by atomic mass is 32.2. The first-order chi connectivity index (χ1) is 7.26. The lowest BCUT2D eigenvalue weighted by atomic mass is 10.1. The summed E-state index contributed by atoms with van der Waals surface area (Å²) in [6.45, 7) is 2.80. The smallest absolute Gasteiger partial charge is 0.320 e. The summed E-state index contributed by atoms with van der Waals surface area (Å²) in [5.41, 5.74) is 0. The fourth-order valence-electron chi connectivity index (χ4n) is 1.04. The van der Waals surface area contributed by atoms with Gasteiger partial charge in [0.05, 0.1) is 25.4 Å². The zero-order valence-corrected chi connectivity index (χ0v) is 10.5. The molecule has 0 rings (SSSR count). The molecule has 0 bridgehead atoms. The summed E-state index contributed by atoms with van der Waals surface area (Å²) in [6, 6.07) is 0. The van der Waals surface area contributed by atoms with Crippen LogP contribution >= 0.6 is 0 Å². The summed E-state index contributed by atoms with van der Waals surface area (Å²) in [5, 5.41) is -0.987. The summed E-state index contributed by atoms with van der Waals surface area (Å²) in [4.78, 5) is 22.0.